The molecule has 0 atom stereocenters. The van der Waals surface area contributed by atoms with Crippen LogP contribution in [0.3, 0.4) is 0 Å². The second-order valence-electron chi connectivity index (χ2n) is 6.99. The summed E-state index contributed by atoms with van der Waals surface area (Å²) in [5, 5.41) is 20.8. The summed E-state index contributed by atoms with van der Waals surface area (Å²) >= 11 is 0. The molecule has 7 heteroatoms. The molecule has 1 aromatic carbocycles. The Labute approximate surface area is 146 Å². The topological polar surface area (TPSA) is 92.9 Å². The van der Waals surface area contributed by atoms with E-state index in [1.165, 1.54) is 25.3 Å². The minimum Gasteiger partial charge on any atom is -0.478 e. The van der Waals surface area contributed by atoms with E-state index < -0.39 is 10.9 Å². The maximum absolute atomic E-state index is 11.6. The van der Waals surface area contributed by atoms with Gasteiger partial charge in [0.05, 0.1) is 10.5 Å². The Morgan fingerprint density at radius 1 is 1.32 bits per heavy atom. The largest absolute Gasteiger partial charge is 0.478 e. The molecule has 0 aromatic heterocycles. The number of non-ortho nitro benzene ring substituents is 1. The van der Waals surface area contributed by atoms with Gasteiger partial charge >= 0.3 is 5.97 Å². The van der Waals surface area contributed by atoms with Crippen molar-refractivity contribution in [2.75, 3.05) is 24.7 Å². The number of hydrogen-bond donors (Lipinski definition) is 1. The lowest BCUT2D eigenvalue weighted by atomic mass is 9.84. The van der Waals surface area contributed by atoms with Gasteiger partial charge in [0.1, 0.15) is 0 Å². The monoisotopic (exact) mass is 348 g/mol. The zero-order valence-electron chi connectivity index (χ0n) is 14.4. The third-order valence-electron chi connectivity index (χ3n) is 5.43. The van der Waals surface area contributed by atoms with Crippen molar-refractivity contribution in [1.82, 2.24) is 0 Å². The highest BCUT2D eigenvalue weighted by atomic mass is 16.6. The van der Waals surface area contributed by atoms with Gasteiger partial charge in [0.25, 0.3) is 5.69 Å². The smallest absolute Gasteiger partial charge is 0.336 e. The summed E-state index contributed by atoms with van der Waals surface area (Å²) in [6.07, 6.45) is 5.27. The number of ether oxygens (including phenoxy) is 1. The summed E-state index contributed by atoms with van der Waals surface area (Å²) in [4.78, 5) is 24.6. The van der Waals surface area contributed by atoms with Crippen LogP contribution < -0.4 is 4.90 Å². The molecule has 2 aliphatic rings. The Hall–Kier alpha value is -2.15. The molecule has 7 nitrogen and oxygen atoms in total. The molecule has 1 N–H and O–H groups in total. The number of aromatic carboxylic acids is 1. The van der Waals surface area contributed by atoms with E-state index in [0.29, 0.717) is 30.4 Å². The van der Waals surface area contributed by atoms with Crippen molar-refractivity contribution in [1.29, 1.82) is 0 Å². The van der Waals surface area contributed by atoms with Gasteiger partial charge in [-0.3, -0.25) is 10.1 Å². The molecule has 1 aromatic rings. The average molecular weight is 348 g/mol. The van der Waals surface area contributed by atoms with Gasteiger partial charge < -0.3 is 14.7 Å². The molecule has 136 valence electrons. The Kier molecular flexibility index (Phi) is 5.22. The van der Waals surface area contributed by atoms with Gasteiger partial charge in [-0.05, 0) is 44.1 Å². The first kappa shape index (κ1) is 17.7. The molecule has 1 aliphatic carbocycles. The Balaban J connectivity index is 2.02. The number of hydrogen-bond acceptors (Lipinski definition) is 5. The zero-order chi connectivity index (χ0) is 18.0. The summed E-state index contributed by atoms with van der Waals surface area (Å²) in [5.41, 5.74) is 1.13. The van der Waals surface area contributed by atoms with Crippen LogP contribution in [0.1, 0.15) is 48.0 Å². The lowest BCUT2D eigenvalue weighted by molar-refractivity contribution is -0.384. The van der Waals surface area contributed by atoms with E-state index in [4.69, 9.17) is 4.74 Å². The first-order valence-corrected chi connectivity index (χ1v) is 8.84. The predicted molar refractivity (Wildman–Crippen MR) is 93.3 cm³/mol. The van der Waals surface area contributed by atoms with E-state index in [1.807, 2.05) is 0 Å². The number of anilines is 1. The summed E-state index contributed by atoms with van der Waals surface area (Å²) in [5.74, 6) is -0.548. The van der Waals surface area contributed by atoms with Crippen molar-refractivity contribution in [2.24, 2.45) is 5.92 Å². The molecular weight excluding hydrogens is 324 g/mol. The number of nitro groups is 1. The molecule has 1 saturated carbocycles. The van der Waals surface area contributed by atoms with Gasteiger partial charge in [-0.1, -0.05) is 6.42 Å². The van der Waals surface area contributed by atoms with Gasteiger partial charge in [0.15, 0.2) is 0 Å². The van der Waals surface area contributed by atoms with Crippen molar-refractivity contribution in [2.45, 2.75) is 45.1 Å². The molecule has 0 bridgehead atoms. The standard InChI is InChI=1S/C18H24N2O5/c1-12-16(18(21)22)9-15(20(23)24)10-17(12)19(11-13-3-2-4-13)14-5-7-25-8-6-14/h9-10,13-14H,2-8,11H2,1H3,(H,21,22). The van der Waals surface area contributed by atoms with E-state index in [-0.39, 0.29) is 17.3 Å². The summed E-state index contributed by atoms with van der Waals surface area (Å²) < 4.78 is 5.46. The molecule has 3 rings (SSSR count). The molecular formula is C18H24N2O5. The fourth-order valence-electron chi connectivity index (χ4n) is 3.70. The summed E-state index contributed by atoms with van der Waals surface area (Å²) in [6.45, 7) is 3.92. The number of nitro benzene ring substituents is 1. The lowest BCUT2D eigenvalue weighted by Gasteiger charge is -2.41. The van der Waals surface area contributed by atoms with Crippen LogP contribution in [-0.2, 0) is 4.74 Å². The van der Waals surface area contributed by atoms with Gasteiger partial charge in [0.2, 0.25) is 0 Å². The first-order chi connectivity index (χ1) is 12.0. The third-order valence-corrected chi connectivity index (χ3v) is 5.43. The van der Waals surface area contributed by atoms with Crippen molar-refractivity contribution in [3.63, 3.8) is 0 Å². The number of rotatable bonds is 6. The molecule has 1 aliphatic heterocycles. The van der Waals surface area contributed by atoms with Crippen LogP contribution in [0, 0.1) is 23.0 Å². The molecule has 0 amide bonds. The van der Waals surface area contributed by atoms with Crippen molar-refractivity contribution in [3.05, 3.63) is 33.4 Å². The number of nitrogens with zero attached hydrogens (tertiary/aromatic N) is 2. The SMILES string of the molecule is Cc1c(C(=O)O)cc([N+](=O)[O-])cc1N(CC1CCC1)C1CCOCC1. The first-order valence-electron chi connectivity index (χ1n) is 8.84. The summed E-state index contributed by atoms with van der Waals surface area (Å²) in [6, 6.07) is 2.93. The Morgan fingerprint density at radius 2 is 2.00 bits per heavy atom. The summed E-state index contributed by atoms with van der Waals surface area (Å²) in [7, 11) is 0. The van der Waals surface area contributed by atoms with Crippen molar-refractivity contribution < 1.29 is 19.6 Å². The minimum absolute atomic E-state index is 0.00914. The normalized spacial score (nSPS) is 18.6. The van der Waals surface area contributed by atoms with Crippen LogP contribution >= 0.6 is 0 Å². The minimum atomic E-state index is -1.13. The number of carboxylic acid groups (broad SMARTS) is 1. The quantitative estimate of drug-likeness (QED) is 0.626. The van der Waals surface area contributed by atoms with Crippen LogP contribution in [0.15, 0.2) is 12.1 Å². The number of carboxylic acids is 1. The Bertz CT molecular complexity index is 666. The third kappa shape index (κ3) is 3.76. The zero-order valence-corrected chi connectivity index (χ0v) is 14.4. The van der Waals surface area contributed by atoms with E-state index in [0.717, 1.165) is 25.5 Å². The molecule has 1 saturated heterocycles. The highest BCUT2D eigenvalue weighted by Crippen LogP contribution is 2.36. The molecule has 25 heavy (non-hydrogen) atoms. The predicted octanol–water partition coefficient (Wildman–Crippen LogP) is 3.39. The number of carbonyl (C=O) groups is 1. The molecule has 0 radical (unpaired) electrons. The second-order valence-corrected chi connectivity index (χ2v) is 6.99. The van der Waals surface area contributed by atoms with Crippen molar-refractivity contribution in [3.8, 4) is 0 Å². The van der Waals surface area contributed by atoms with Crippen LogP contribution in [-0.4, -0.2) is 41.8 Å². The lowest BCUT2D eigenvalue weighted by Crippen LogP contribution is -2.44. The van der Waals surface area contributed by atoms with E-state index in [2.05, 4.69) is 4.90 Å². The maximum Gasteiger partial charge on any atom is 0.336 e. The van der Waals surface area contributed by atoms with Gasteiger partial charge in [-0.2, -0.15) is 0 Å². The fraction of sp³-hybridized carbons (Fsp3) is 0.611. The second kappa shape index (κ2) is 7.39. The molecule has 2 fully saturated rings. The van der Waals surface area contributed by atoms with E-state index in [9.17, 15) is 20.0 Å². The van der Waals surface area contributed by atoms with Crippen molar-refractivity contribution >= 4 is 17.3 Å². The Morgan fingerprint density at radius 3 is 2.52 bits per heavy atom. The van der Waals surface area contributed by atoms with Crippen LogP contribution in [0.4, 0.5) is 11.4 Å². The number of benzene rings is 1. The average Bonchev–Trinajstić information content (AvgIpc) is 2.55. The molecule has 0 unspecified atom stereocenters. The maximum atomic E-state index is 11.6. The van der Waals surface area contributed by atoms with Gasteiger partial charge in [-0.15, -0.1) is 0 Å². The molecule has 1 heterocycles. The van der Waals surface area contributed by atoms with Crippen LogP contribution in [0.2, 0.25) is 0 Å². The van der Waals surface area contributed by atoms with Crippen LogP contribution in [0.25, 0.3) is 0 Å². The fourth-order valence-corrected chi connectivity index (χ4v) is 3.70. The highest BCUT2D eigenvalue weighted by molar-refractivity contribution is 5.92. The molecule has 0 spiro atoms. The van der Waals surface area contributed by atoms with Gasteiger partial charge in [-0.25, -0.2) is 4.79 Å². The highest BCUT2D eigenvalue weighted by Gasteiger charge is 2.30. The van der Waals surface area contributed by atoms with E-state index >= 15 is 0 Å². The van der Waals surface area contributed by atoms with E-state index in [1.54, 1.807) is 6.92 Å². The van der Waals surface area contributed by atoms with Crippen LogP contribution in [0.5, 0.6) is 0 Å². The van der Waals surface area contributed by atoms with Gasteiger partial charge in [0, 0.05) is 43.6 Å².